The highest BCUT2D eigenvalue weighted by Gasteiger charge is 2.50. The quantitative estimate of drug-likeness (QED) is 0.162. The predicted molar refractivity (Wildman–Crippen MR) is 263 cm³/mol. The number of hydrogen-bond donors (Lipinski definition) is 0. The molecule has 9 aromatic carbocycles. The molecular weight excluding hydrogens is 795 g/mol. The molecule has 0 amide bonds. The molecule has 0 unspecified atom stereocenters. The minimum absolute atomic E-state index is 0.548. The van der Waals surface area contributed by atoms with E-state index in [-0.39, 0.29) is 0 Å². The zero-order valence-electron chi connectivity index (χ0n) is 34.6. The molecule has 2 aliphatic rings. The summed E-state index contributed by atoms with van der Waals surface area (Å²) in [6.45, 7) is 0. The number of para-hydroxylation sites is 1. The summed E-state index contributed by atoms with van der Waals surface area (Å²) in [5.74, 6) is 0.711. The van der Waals surface area contributed by atoms with Gasteiger partial charge in [0.15, 0.2) is 5.82 Å². The average molecular weight is 832 g/mol. The monoisotopic (exact) mass is 831 g/mol. The van der Waals surface area contributed by atoms with Gasteiger partial charge < -0.3 is 0 Å². The molecule has 13 rings (SSSR count). The largest absolute Gasteiger partial charge is 0.247 e. The SMILES string of the molecule is c1ccc(-c2cc(-c3ccc(-c4ccc5c(c4)C4(c6ccccc6Sc6ccccc64)c4cc6c(cc4-5)c(-c4ccccc4)nc4ccccc46)cc3)nc(-c3ccccc3)n2)cc1. The van der Waals surface area contributed by atoms with Crippen molar-refractivity contribution >= 4 is 33.4 Å². The lowest BCUT2D eigenvalue weighted by atomic mass is 9.67. The van der Waals surface area contributed by atoms with Crippen LogP contribution >= 0.6 is 11.8 Å². The molecular formula is C60H37N3S. The van der Waals surface area contributed by atoms with Crippen molar-refractivity contribution in [3.05, 3.63) is 247 Å². The van der Waals surface area contributed by atoms with Crippen molar-refractivity contribution in [1.82, 2.24) is 15.0 Å². The fourth-order valence-electron chi connectivity index (χ4n) is 10.2. The summed E-state index contributed by atoms with van der Waals surface area (Å²) in [4.78, 5) is 18.1. The minimum Gasteiger partial charge on any atom is -0.247 e. The first kappa shape index (κ1) is 36.7. The standard InChI is InChI=1S/C60H37N3S/c1-4-16-39(17-5-1)54-37-55(63-59(62-54)42-20-8-3-9-21-42)40-30-28-38(29-31-40)43-32-33-44-47-35-48-46(45-22-10-13-25-53(45)61-58(48)41-18-6-2-7-19-41)36-52(47)60(51(44)34-43)49-23-11-14-26-56(49)64-57-27-15-12-24-50(57)60/h1-37H. The fraction of sp³-hybridized carbons (Fsp3) is 0.0167. The number of aromatic nitrogens is 3. The number of nitrogens with zero attached hydrogens (tertiary/aromatic N) is 3. The van der Waals surface area contributed by atoms with Gasteiger partial charge in [0.25, 0.3) is 0 Å². The van der Waals surface area contributed by atoms with Gasteiger partial charge in [-0.25, -0.2) is 15.0 Å². The smallest absolute Gasteiger partial charge is 0.160 e. The van der Waals surface area contributed by atoms with Crippen LogP contribution in [0.4, 0.5) is 0 Å². The Balaban J connectivity index is 1.02. The normalized spacial score (nSPS) is 13.1. The van der Waals surface area contributed by atoms with E-state index in [4.69, 9.17) is 15.0 Å². The van der Waals surface area contributed by atoms with Gasteiger partial charge in [0.05, 0.1) is 28.0 Å². The molecule has 0 bridgehead atoms. The van der Waals surface area contributed by atoms with Gasteiger partial charge >= 0.3 is 0 Å². The molecule has 4 heteroatoms. The van der Waals surface area contributed by atoms with Gasteiger partial charge in [-0.1, -0.05) is 194 Å². The Kier molecular flexibility index (Phi) is 8.37. The van der Waals surface area contributed by atoms with Gasteiger partial charge in [0, 0.05) is 42.8 Å². The van der Waals surface area contributed by atoms with Crippen LogP contribution in [0.5, 0.6) is 0 Å². The molecule has 0 radical (unpaired) electrons. The molecule has 11 aromatic rings. The second-order valence-corrected chi connectivity index (χ2v) is 17.7. The maximum Gasteiger partial charge on any atom is 0.160 e. The van der Waals surface area contributed by atoms with Gasteiger partial charge in [0.2, 0.25) is 0 Å². The molecule has 0 saturated carbocycles. The Morgan fingerprint density at radius 2 is 0.844 bits per heavy atom. The van der Waals surface area contributed by atoms with E-state index in [1.165, 1.54) is 54.1 Å². The molecule has 3 nitrogen and oxygen atoms in total. The Bertz CT molecular complexity index is 3520. The van der Waals surface area contributed by atoms with Crippen LogP contribution in [0.25, 0.3) is 89.1 Å². The second kappa shape index (κ2) is 14.6. The van der Waals surface area contributed by atoms with Gasteiger partial charge in [-0.05, 0) is 92.4 Å². The van der Waals surface area contributed by atoms with Crippen LogP contribution in [-0.2, 0) is 5.41 Å². The minimum atomic E-state index is -0.548. The van der Waals surface area contributed by atoms with Gasteiger partial charge in [-0.2, -0.15) is 0 Å². The van der Waals surface area contributed by atoms with Crippen molar-refractivity contribution in [2.45, 2.75) is 15.2 Å². The van der Waals surface area contributed by atoms with E-state index in [0.717, 1.165) is 61.2 Å². The van der Waals surface area contributed by atoms with E-state index in [1.54, 1.807) is 0 Å². The summed E-state index contributed by atoms with van der Waals surface area (Å²) < 4.78 is 0. The van der Waals surface area contributed by atoms with E-state index in [1.807, 2.05) is 36.0 Å². The Labute approximate surface area is 375 Å². The third-order valence-electron chi connectivity index (χ3n) is 13.1. The summed E-state index contributed by atoms with van der Waals surface area (Å²) in [6, 6.07) is 81.0. The molecule has 0 fully saturated rings. The fourth-order valence-corrected chi connectivity index (χ4v) is 11.4. The molecule has 2 aromatic heterocycles. The number of pyridine rings is 1. The van der Waals surface area contributed by atoms with Gasteiger partial charge in [-0.15, -0.1) is 0 Å². The maximum absolute atomic E-state index is 5.34. The van der Waals surface area contributed by atoms with Crippen LogP contribution in [0.1, 0.15) is 22.3 Å². The van der Waals surface area contributed by atoms with Gasteiger partial charge in [-0.3, -0.25) is 0 Å². The summed E-state index contributed by atoms with van der Waals surface area (Å²) >= 11 is 1.88. The van der Waals surface area contributed by atoms with Gasteiger partial charge in [0.1, 0.15) is 0 Å². The molecule has 1 aliphatic carbocycles. The number of hydrogen-bond acceptors (Lipinski definition) is 4. The molecule has 0 N–H and O–H groups in total. The highest BCUT2D eigenvalue weighted by molar-refractivity contribution is 7.99. The Hall–Kier alpha value is -7.92. The lowest BCUT2D eigenvalue weighted by Crippen LogP contribution is -2.32. The average Bonchev–Trinajstić information content (AvgIpc) is 3.65. The van der Waals surface area contributed by atoms with E-state index in [0.29, 0.717) is 5.82 Å². The van der Waals surface area contributed by atoms with E-state index < -0.39 is 5.41 Å². The Morgan fingerprint density at radius 1 is 0.312 bits per heavy atom. The predicted octanol–water partition coefficient (Wildman–Crippen LogP) is 15.3. The molecule has 1 spiro atoms. The van der Waals surface area contributed by atoms with Crippen molar-refractivity contribution in [2.24, 2.45) is 0 Å². The number of benzene rings is 9. The zero-order chi connectivity index (χ0) is 42.2. The van der Waals surface area contributed by atoms with E-state index >= 15 is 0 Å². The highest BCUT2D eigenvalue weighted by Crippen LogP contribution is 2.63. The summed E-state index contributed by atoms with van der Waals surface area (Å²) in [5, 5.41) is 3.54. The first-order chi connectivity index (χ1) is 31.7. The maximum atomic E-state index is 5.34. The zero-order valence-corrected chi connectivity index (χ0v) is 35.4. The topological polar surface area (TPSA) is 38.7 Å². The third kappa shape index (κ3) is 5.66. The first-order valence-corrected chi connectivity index (χ1v) is 22.6. The summed E-state index contributed by atoms with van der Waals surface area (Å²) in [6.07, 6.45) is 0. The molecule has 0 saturated heterocycles. The third-order valence-corrected chi connectivity index (χ3v) is 14.3. The second-order valence-electron chi connectivity index (χ2n) is 16.7. The summed E-state index contributed by atoms with van der Waals surface area (Å²) in [5.41, 5.74) is 17.5. The summed E-state index contributed by atoms with van der Waals surface area (Å²) in [7, 11) is 0. The van der Waals surface area contributed by atoms with Crippen molar-refractivity contribution in [3.63, 3.8) is 0 Å². The molecule has 0 atom stereocenters. The first-order valence-electron chi connectivity index (χ1n) is 21.8. The number of fused-ring (bicyclic) bond motifs is 12. The van der Waals surface area contributed by atoms with Crippen LogP contribution in [-0.4, -0.2) is 15.0 Å². The molecule has 1 aliphatic heterocycles. The van der Waals surface area contributed by atoms with Crippen molar-refractivity contribution in [2.75, 3.05) is 0 Å². The van der Waals surface area contributed by atoms with E-state index in [2.05, 4.69) is 200 Å². The lowest BCUT2D eigenvalue weighted by Gasteiger charge is -2.40. The van der Waals surface area contributed by atoms with Crippen LogP contribution in [0, 0.1) is 0 Å². The van der Waals surface area contributed by atoms with E-state index in [9.17, 15) is 0 Å². The van der Waals surface area contributed by atoms with Crippen molar-refractivity contribution < 1.29 is 0 Å². The number of rotatable bonds is 5. The van der Waals surface area contributed by atoms with Crippen LogP contribution in [0.3, 0.4) is 0 Å². The molecule has 3 heterocycles. The lowest BCUT2D eigenvalue weighted by molar-refractivity contribution is 0.723. The Morgan fingerprint density at radius 3 is 1.53 bits per heavy atom. The van der Waals surface area contributed by atoms with Crippen LogP contribution in [0.15, 0.2) is 234 Å². The van der Waals surface area contributed by atoms with Crippen LogP contribution in [0.2, 0.25) is 0 Å². The van der Waals surface area contributed by atoms with Crippen molar-refractivity contribution in [3.8, 4) is 67.4 Å². The highest BCUT2D eigenvalue weighted by atomic mass is 32.2. The molecule has 298 valence electrons. The molecule has 64 heavy (non-hydrogen) atoms. The van der Waals surface area contributed by atoms with Crippen molar-refractivity contribution in [1.29, 1.82) is 0 Å². The van der Waals surface area contributed by atoms with Crippen LogP contribution < -0.4 is 0 Å².